The van der Waals surface area contributed by atoms with Gasteiger partial charge < -0.3 is 10.1 Å². The Morgan fingerprint density at radius 3 is 3.00 bits per heavy atom. The molecule has 1 heterocycles. The Balaban J connectivity index is 2.14. The molecule has 1 rings (SSSR count). The van der Waals surface area contributed by atoms with Gasteiger partial charge in [-0.1, -0.05) is 0 Å². The van der Waals surface area contributed by atoms with Gasteiger partial charge in [-0.15, -0.1) is 0 Å². The van der Waals surface area contributed by atoms with E-state index >= 15 is 0 Å². The number of hydrogen-bond acceptors (Lipinski definition) is 2. The minimum Gasteiger partial charge on any atom is -0.374 e. The van der Waals surface area contributed by atoms with E-state index in [2.05, 4.69) is 12.4 Å². The summed E-state index contributed by atoms with van der Waals surface area (Å²) in [5.74, 6) is 0. The zero-order valence-corrected chi connectivity index (χ0v) is 4.18. The highest BCUT2D eigenvalue weighted by atomic mass is 16.5. The molecule has 7 heavy (non-hydrogen) atoms. The van der Waals surface area contributed by atoms with E-state index in [4.69, 9.17) is 4.74 Å². The molecule has 0 aromatic rings. The smallest absolute Gasteiger partial charge is 0.0716 e. The molecule has 40 valence electrons. The lowest BCUT2D eigenvalue weighted by atomic mass is 10.3. The van der Waals surface area contributed by atoms with Gasteiger partial charge >= 0.3 is 0 Å². The summed E-state index contributed by atoms with van der Waals surface area (Å²) < 4.78 is 4.77. The fraction of sp³-hybridized carbons (Fsp3) is 0.600. The highest BCUT2D eigenvalue weighted by Crippen LogP contribution is 2.03. The normalized spacial score (nSPS) is 31.3. The topological polar surface area (TPSA) is 21.3 Å². The molecule has 2 heteroatoms. The quantitative estimate of drug-likeness (QED) is 0.511. The Morgan fingerprint density at radius 1 is 1.86 bits per heavy atom. The minimum absolute atomic E-state index is 0.319. The van der Waals surface area contributed by atoms with Gasteiger partial charge in [0.15, 0.2) is 0 Å². The number of hydrogen-bond donors (Lipinski definition) is 1. The van der Waals surface area contributed by atoms with E-state index in [0.29, 0.717) is 6.10 Å². The summed E-state index contributed by atoms with van der Waals surface area (Å²) in [6, 6.07) is 0. The second kappa shape index (κ2) is 2.28. The first-order valence-corrected chi connectivity index (χ1v) is 2.39. The van der Waals surface area contributed by atoms with Gasteiger partial charge in [0.2, 0.25) is 0 Å². The standard InChI is InChI=1S/C5H9NO/c1-7-5-2-3-6-4-5/h3,5-6H,1-2,4H2. The first-order valence-electron chi connectivity index (χ1n) is 2.39. The van der Waals surface area contributed by atoms with Crippen molar-refractivity contribution in [3.63, 3.8) is 0 Å². The van der Waals surface area contributed by atoms with Crippen molar-refractivity contribution in [2.75, 3.05) is 6.54 Å². The molecule has 1 aliphatic rings. The molecule has 1 atom stereocenters. The van der Waals surface area contributed by atoms with Crippen LogP contribution >= 0.6 is 0 Å². The highest BCUT2D eigenvalue weighted by Gasteiger charge is 2.11. The van der Waals surface area contributed by atoms with E-state index in [9.17, 15) is 0 Å². The van der Waals surface area contributed by atoms with Crippen molar-refractivity contribution >= 4 is 0 Å². The van der Waals surface area contributed by atoms with Crippen LogP contribution in [0.25, 0.3) is 0 Å². The van der Waals surface area contributed by atoms with Gasteiger partial charge in [0, 0.05) is 13.1 Å². The third kappa shape index (κ3) is 1.14. The van der Waals surface area contributed by atoms with Crippen LogP contribution in [0.4, 0.5) is 0 Å². The average Bonchev–Trinajstić information content (AvgIpc) is 2.14. The molecular formula is C5H9NO. The molecule has 0 spiro atoms. The summed E-state index contributed by atoms with van der Waals surface area (Å²) in [4.78, 5) is 0. The molecule has 0 saturated carbocycles. The van der Waals surface area contributed by atoms with E-state index in [-0.39, 0.29) is 0 Å². The summed E-state index contributed by atoms with van der Waals surface area (Å²) >= 11 is 0. The van der Waals surface area contributed by atoms with Crippen LogP contribution in [0.5, 0.6) is 0 Å². The molecule has 0 bridgehead atoms. The van der Waals surface area contributed by atoms with Gasteiger partial charge in [0.1, 0.15) is 0 Å². The van der Waals surface area contributed by atoms with Crippen molar-refractivity contribution in [2.24, 2.45) is 0 Å². The first-order chi connectivity index (χ1) is 3.43. The largest absolute Gasteiger partial charge is 0.374 e. The summed E-state index contributed by atoms with van der Waals surface area (Å²) in [5, 5.41) is 3.03. The zero-order valence-electron chi connectivity index (χ0n) is 4.18. The summed E-state index contributed by atoms with van der Waals surface area (Å²) in [6.45, 7) is 2.92. The van der Waals surface area contributed by atoms with Crippen LogP contribution in [0.2, 0.25) is 0 Å². The van der Waals surface area contributed by atoms with Crippen LogP contribution in [0.1, 0.15) is 6.42 Å². The molecule has 1 aliphatic heterocycles. The SMILES string of the molecule is [CH2]OC1C[CH]NC1. The van der Waals surface area contributed by atoms with Gasteiger partial charge in [-0.2, -0.15) is 0 Å². The Bertz CT molecular complexity index is 50.0. The Labute approximate surface area is 43.9 Å². The van der Waals surface area contributed by atoms with Gasteiger partial charge in [0.25, 0.3) is 0 Å². The number of rotatable bonds is 1. The molecule has 0 amide bonds. The molecule has 0 aliphatic carbocycles. The van der Waals surface area contributed by atoms with E-state index < -0.39 is 0 Å². The maximum Gasteiger partial charge on any atom is 0.0716 e. The number of ether oxygens (including phenoxy) is 1. The molecule has 0 aromatic carbocycles. The van der Waals surface area contributed by atoms with Gasteiger partial charge in [-0.25, -0.2) is 0 Å². The van der Waals surface area contributed by atoms with Crippen LogP contribution in [0, 0.1) is 13.7 Å². The average molecular weight is 99.1 g/mol. The van der Waals surface area contributed by atoms with Crippen LogP contribution in [0.3, 0.4) is 0 Å². The Kier molecular flexibility index (Phi) is 1.65. The maximum absolute atomic E-state index is 4.77. The fourth-order valence-electron chi connectivity index (χ4n) is 0.640. The third-order valence-electron chi connectivity index (χ3n) is 1.11. The predicted molar refractivity (Wildman–Crippen MR) is 27.1 cm³/mol. The van der Waals surface area contributed by atoms with Crippen molar-refractivity contribution in [1.29, 1.82) is 0 Å². The molecule has 1 fully saturated rings. The van der Waals surface area contributed by atoms with Crippen molar-refractivity contribution in [3.05, 3.63) is 13.7 Å². The lowest BCUT2D eigenvalue weighted by Gasteiger charge is -2.00. The minimum atomic E-state index is 0.319. The van der Waals surface area contributed by atoms with Crippen molar-refractivity contribution < 1.29 is 4.74 Å². The first kappa shape index (κ1) is 5.06. The number of nitrogens with one attached hydrogen (secondary N) is 1. The predicted octanol–water partition coefficient (Wildman–Crippen LogP) is 0.318. The second-order valence-corrected chi connectivity index (χ2v) is 1.64. The second-order valence-electron chi connectivity index (χ2n) is 1.64. The van der Waals surface area contributed by atoms with E-state index in [1.807, 2.05) is 6.54 Å². The van der Waals surface area contributed by atoms with Crippen LogP contribution in [-0.2, 0) is 4.74 Å². The monoisotopic (exact) mass is 99.1 g/mol. The van der Waals surface area contributed by atoms with Crippen molar-refractivity contribution in [2.45, 2.75) is 12.5 Å². The van der Waals surface area contributed by atoms with Crippen LogP contribution in [-0.4, -0.2) is 12.6 Å². The lowest BCUT2D eigenvalue weighted by molar-refractivity contribution is 0.157. The zero-order chi connectivity index (χ0) is 5.11. The van der Waals surface area contributed by atoms with E-state index in [0.717, 1.165) is 13.0 Å². The summed E-state index contributed by atoms with van der Waals surface area (Å²) in [6.07, 6.45) is 1.31. The lowest BCUT2D eigenvalue weighted by Crippen LogP contribution is -2.12. The molecule has 1 unspecified atom stereocenters. The van der Waals surface area contributed by atoms with Crippen molar-refractivity contribution in [3.8, 4) is 0 Å². The molecule has 2 radical (unpaired) electrons. The van der Waals surface area contributed by atoms with E-state index in [1.165, 1.54) is 0 Å². The Morgan fingerprint density at radius 2 is 2.71 bits per heavy atom. The third-order valence-corrected chi connectivity index (χ3v) is 1.11. The van der Waals surface area contributed by atoms with Crippen molar-refractivity contribution in [1.82, 2.24) is 5.32 Å². The van der Waals surface area contributed by atoms with Crippen LogP contribution < -0.4 is 5.32 Å². The fourth-order valence-corrected chi connectivity index (χ4v) is 0.640. The van der Waals surface area contributed by atoms with Crippen LogP contribution in [0.15, 0.2) is 0 Å². The summed E-state index contributed by atoms with van der Waals surface area (Å²) in [5.41, 5.74) is 0. The van der Waals surface area contributed by atoms with Gasteiger partial charge in [0.05, 0.1) is 13.2 Å². The molecule has 0 aromatic heterocycles. The van der Waals surface area contributed by atoms with Gasteiger partial charge in [-0.3, -0.25) is 0 Å². The molecule has 1 N–H and O–H groups in total. The molecule has 1 saturated heterocycles. The molecular weight excluding hydrogens is 90.1 g/mol. The highest BCUT2D eigenvalue weighted by molar-refractivity contribution is 4.79. The Hall–Kier alpha value is -0.0800. The summed E-state index contributed by atoms with van der Waals surface area (Å²) in [7, 11) is 3.31. The van der Waals surface area contributed by atoms with E-state index in [1.54, 1.807) is 0 Å². The van der Waals surface area contributed by atoms with Gasteiger partial charge in [-0.05, 0) is 6.42 Å². The molecule has 2 nitrogen and oxygen atoms in total. The maximum atomic E-state index is 4.77.